The second-order valence-electron chi connectivity index (χ2n) is 5.11. The van der Waals surface area contributed by atoms with Gasteiger partial charge in [0.2, 0.25) is 0 Å². The van der Waals surface area contributed by atoms with Gasteiger partial charge in [-0.05, 0) is 41.8 Å². The average Bonchev–Trinajstić information content (AvgIpc) is 2.41. The molecule has 5 heteroatoms. The van der Waals surface area contributed by atoms with E-state index < -0.39 is 9.84 Å². The lowest BCUT2D eigenvalue weighted by Crippen LogP contribution is -2.13. The molecule has 2 aromatic carbocycles. The van der Waals surface area contributed by atoms with E-state index >= 15 is 0 Å². The fraction of sp³-hybridized carbons (Fsp3) is 0.250. The van der Waals surface area contributed by atoms with Crippen LogP contribution < -0.4 is 5.32 Å². The highest BCUT2D eigenvalue weighted by Gasteiger charge is 2.06. The van der Waals surface area contributed by atoms with Crippen LogP contribution in [0.15, 0.2) is 47.4 Å². The molecule has 0 amide bonds. The molecule has 0 aromatic heterocycles. The van der Waals surface area contributed by atoms with Gasteiger partial charge in [-0.15, -0.1) is 0 Å². The highest BCUT2D eigenvalue weighted by molar-refractivity contribution is 7.90. The van der Waals surface area contributed by atoms with Gasteiger partial charge in [0.05, 0.1) is 4.90 Å². The number of nitrogens with one attached hydrogen (secondary N) is 1. The maximum absolute atomic E-state index is 11.4. The second kappa shape index (κ2) is 6.60. The minimum absolute atomic E-state index is 0.341. The van der Waals surface area contributed by atoms with Gasteiger partial charge in [-0.3, -0.25) is 0 Å². The van der Waals surface area contributed by atoms with Crippen LogP contribution in [-0.4, -0.2) is 14.7 Å². The number of hydrogen-bond donors (Lipinski definition) is 1. The van der Waals surface area contributed by atoms with Crippen molar-refractivity contribution >= 4 is 21.4 Å². The van der Waals surface area contributed by atoms with Crippen molar-refractivity contribution in [3.8, 4) is 0 Å². The van der Waals surface area contributed by atoms with E-state index in [4.69, 9.17) is 11.6 Å². The molecule has 0 aliphatic carbocycles. The summed E-state index contributed by atoms with van der Waals surface area (Å²) in [5.41, 5.74) is 3.22. The molecule has 0 aliphatic heterocycles. The Kier molecular flexibility index (Phi) is 5.04. The zero-order valence-electron chi connectivity index (χ0n) is 12.1. The molecule has 1 N–H and O–H groups in total. The molecule has 112 valence electrons. The Bertz CT molecular complexity index is 724. The van der Waals surface area contributed by atoms with Crippen molar-refractivity contribution in [3.05, 3.63) is 64.2 Å². The minimum Gasteiger partial charge on any atom is -0.309 e. The molecule has 0 radical (unpaired) electrons. The summed E-state index contributed by atoms with van der Waals surface area (Å²) < 4.78 is 22.8. The molecule has 2 aromatic rings. The fourth-order valence-corrected chi connectivity index (χ4v) is 2.92. The number of benzene rings is 2. The lowest BCUT2D eigenvalue weighted by molar-refractivity contribution is 0.602. The van der Waals surface area contributed by atoms with Crippen LogP contribution in [0.3, 0.4) is 0 Å². The van der Waals surface area contributed by atoms with Crippen molar-refractivity contribution in [2.45, 2.75) is 24.9 Å². The van der Waals surface area contributed by atoms with Crippen molar-refractivity contribution in [3.63, 3.8) is 0 Å². The highest BCUT2D eigenvalue weighted by Crippen LogP contribution is 2.17. The Labute approximate surface area is 130 Å². The van der Waals surface area contributed by atoms with Crippen molar-refractivity contribution in [1.29, 1.82) is 0 Å². The molecule has 0 atom stereocenters. The van der Waals surface area contributed by atoms with E-state index in [1.807, 2.05) is 37.3 Å². The molecule has 0 bridgehead atoms. The first-order valence-corrected chi connectivity index (χ1v) is 8.88. The average molecular weight is 324 g/mol. The molecule has 3 nitrogen and oxygen atoms in total. The monoisotopic (exact) mass is 323 g/mol. The van der Waals surface area contributed by atoms with Gasteiger partial charge in [0.25, 0.3) is 0 Å². The Morgan fingerprint density at radius 3 is 2.29 bits per heavy atom. The van der Waals surface area contributed by atoms with Crippen LogP contribution in [0.25, 0.3) is 0 Å². The van der Waals surface area contributed by atoms with Crippen LogP contribution in [0.4, 0.5) is 0 Å². The first-order valence-electron chi connectivity index (χ1n) is 6.61. The van der Waals surface area contributed by atoms with Crippen molar-refractivity contribution in [1.82, 2.24) is 5.32 Å². The third-order valence-electron chi connectivity index (χ3n) is 3.20. The minimum atomic E-state index is -3.13. The summed E-state index contributed by atoms with van der Waals surface area (Å²) in [6.45, 7) is 3.34. The maximum Gasteiger partial charge on any atom is 0.175 e. The van der Waals surface area contributed by atoms with Crippen LogP contribution in [0.1, 0.15) is 16.7 Å². The summed E-state index contributed by atoms with van der Waals surface area (Å²) in [7, 11) is -3.13. The van der Waals surface area contributed by atoms with E-state index in [9.17, 15) is 8.42 Å². The predicted octanol–water partition coefficient (Wildman–Crippen LogP) is 3.34. The van der Waals surface area contributed by atoms with Gasteiger partial charge in [-0.1, -0.05) is 35.9 Å². The molecule has 0 aliphatic rings. The largest absolute Gasteiger partial charge is 0.309 e. The number of halogens is 1. The second-order valence-corrected chi connectivity index (χ2v) is 7.54. The number of hydrogen-bond acceptors (Lipinski definition) is 3. The van der Waals surface area contributed by atoms with Gasteiger partial charge >= 0.3 is 0 Å². The standard InChI is InChI=1S/C16H18ClNO2S/c1-12-3-6-14(16(17)9-12)11-18-10-13-4-7-15(8-5-13)21(2,19)20/h3-9,18H,10-11H2,1-2H3. The van der Waals surface area contributed by atoms with Crippen LogP contribution >= 0.6 is 11.6 Å². The molecule has 0 saturated heterocycles. The summed E-state index contributed by atoms with van der Waals surface area (Å²) in [6, 6.07) is 12.9. The van der Waals surface area contributed by atoms with Gasteiger partial charge in [0, 0.05) is 24.4 Å². The van der Waals surface area contributed by atoms with E-state index in [1.54, 1.807) is 12.1 Å². The molecular formula is C16H18ClNO2S. The first-order chi connectivity index (χ1) is 9.86. The van der Waals surface area contributed by atoms with E-state index in [2.05, 4.69) is 5.32 Å². The van der Waals surface area contributed by atoms with E-state index in [0.717, 1.165) is 21.7 Å². The van der Waals surface area contributed by atoms with Gasteiger partial charge in [0.1, 0.15) is 0 Å². The summed E-state index contributed by atoms with van der Waals surface area (Å²) in [6.07, 6.45) is 1.21. The Morgan fingerprint density at radius 2 is 1.71 bits per heavy atom. The predicted molar refractivity (Wildman–Crippen MR) is 86.3 cm³/mol. The number of sulfone groups is 1. The van der Waals surface area contributed by atoms with E-state index in [0.29, 0.717) is 18.0 Å². The Balaban J connectivity index is 1.94. The molecule has 0 saturated carbocycles. The van der Waals surface area contributed by atoms with Crippen molar-refractivity contribution < 1.29 is 8.42 Å². The number of rotatable bonds is 5. The quantitative estimate of drug-likeness (QED) is 0.918. The van der Waals surface area contributed by atoms with Crippen molar-refractivity contribution in [2.24, 2.45) is 0 Å². The Morgan fingerprint density at radius 1 is 1.05 bits per heavy atom. The SMILES string of the molecule is Cc1ccc(CNCc2ccc(S(C)(=O)=O)cc2)c(Cl)c1. The molecule has 0 spiro atoms. The normalized spacial score (nSPS) is 11.6. The lowest BCUT2D eigenvalue weighted by Gasteiger charge is -2.08. The van der Waals surface area contributed by atoms with Crippen LogP contribution in [0, 0.1) is 6.92 Å². The van der Waals surface area contributed by atoms with E-state index in [1.165, 1.54) is 6.26 Å². The molecule has 2 rings (SSSR count). The van der Waals surface area contributed by atoms with Gasteiger partial charge in [-0.2, -0.15) is 0 Å². The zero-order valence-corrected chi connectivity index (χ0v) is 13.6. The topological polar surface area (TPSA) is 46.2 Å². The molecule has 0 heterocycles. The first kappa shape index (κ1) is 16.0. The fourth-order valence-electron chi connectivity index (χ4n) is 1.99. The molecule has 0 unspecified atom stereocenters. The third-order valence-corrected chi connectivity index (χ3v) is 4.68. The third kappa shape index (κ3) is 4.56. The molecule has 21 heavy (non-hydrogen) atoms. The molecule has 0 fully saturated rings. The summed E-state index contributed by atoms with van der Waals surface area (Å²) in [4.78, 5) is 0.341. The van der Waals surface area contributed by atoms with Crippen molar-refractivity contribution in [2.75, 3.05) is 6.26 Å². The van der Waals surface area contributed by atoms with Gasteiger partial charge < -0.3 is 5.32 Å². The number of aryl methyl sites for hydroxylation is 1. The highest BCUT2D eigenvalue weighted by atomic mass is 35.5. The van der Waals surface area contributed by atoms with E-state index in [-0.39, 0.29) is 0 Å². The van der Waals surface area contributed by atoms with Crippen LogP contribution in [-0.2, 0) is 22.9 Å². The lowest BCUT2D eigenvalue weighted by atomic mass is 10.1. The summed E-state index contributed by atoms with van der Waals surface area (Å²) >= 11 is 6.18. The van der Waals surface area contributed by atoms with Crippen LogP contribution in [0.2, 0.25) is 5.02 Å². The summed E-state index contributed by atoms with van der Waals surface area (Å²) in [5, 5.41) is 4.06. The van der Waals surface area contributed by atoms with Gasteiger partial charge in [0.15, 0.2) is 9.84 Å². The summed E-state index contributed by atoms with van der Waals surface area (Å²) in [5.74, 6) is 0. The Hall–Kier alpha value is -1.36. The van der Waals surface area contributed by atoms with Gasteiger partial charge in [-0.25, -0.2) is 8.42 Å². The maximum atomic E-state index is 11.4. The van der Waals surface area contributed by atoms with Crippen LogP contribution in [0.5, 0.6) is 0 Å². The zero-order chi connectivity index (χ0) is 15.5. The smallest absolute Gasteiger partial charge is 0.175 e. The molecular weight excluding hydrogens is 306 g/mol.